The monoisotopic (exact) mass is 268 g/mol. The molecule has 0 spiro atoms. The van der Waals surface area contributed by atoms with Gasteiger partial charge in [-0.2, -0.15) is 13.2 Å². The quantitative estimate of drug-likeness (QED) is 0.721. The summed E-state index contributed by atoms with van der Waals surface area (Å²) in [5.41, 5.74) is 0. The molecular formula is C12H19F3O3. The van der Waals surface area contributed by atoms with Crippen molar-refractivity contribution in [1.29, 1.82) is 0 Å². The smallest absolute Gasteiger partial charge is 0.411 e. The summed E-state index contributed by atoms with van der Waals surface area (Å²) >= 11 is 0. The number of hydrogen-bond acceptors (Lipinski definition) is 2. The van der Waals surface area contributed by atoms with E-state index in [4.69, 9.17) is 5.11 Å². The Kier molecular flexibility index (Phi) is 5.91. The predicted molar refractivity (Wildman–Crippen MR) is 59.2 cm³/mol. The summed E-state index contributed by atoms with van der Waals surface area (Å²) in [7, 11) is 0. The van der Waals surface area contributed by atoms with Crippen LogP contribution in [0.5, 0.6) is 0 Å². The lowest BCUT2D eigenvalue weighted by atomic mass is 9.87. The van der Waals surface area contributed by atoms with Gasteiger partial charge in [0.25, 0.3) is 0 Å². The van der Waals surface area contributed by atoms with Crippen LogP contribution in [0.4, 0.5) is 13.2 Å². The van der Waals surface area contributed by atoms with Crippen LogP contribution in [0.3, 0.4) is 0 Å². The minimum atomic E-state index is -4.31. The van der Waals surface area contributed by atoms with Gasteiger partial charge in [-0.15, -0.1) is 0 Å². The maximum atomic E-state index is 11.8. The molecule has 1 unspecified atom stereocenters. The van der Waals surface area contributed by atoms with Gasteiger partial charge < -0.3 is 9.84 Å². The number of ether oxygens (including phenoxy) is 1. The van der Waals surface area contributed by atoms with E-state index < -0.39 is 24.7 Å². The fourth-order valence-electron chi connectivity index (χ4n) is 2.51. The number of hydrogen-bond donors (Lipinski definition) is 1. The average Bonchev–Trinajstić information content (AvgIpc) is 2.74. The molecule has 106 valence electrons. The molecule has 1 fully saturated rings. The SMILES string of the molecule is O=C(O)C(CCCOCC(F)(F)F)C1CCCC1. The fourth-order valence-corrected chi connectivity index (χ4v) is 2.51. The van der Waals surface area contributed by atoms with Crippen LogP contribution in [-0.4, -0.2) is 30.5 Å². The highest BCUT2D eigenvalue weighted by Crippen LogP contribution is 2.33. The van der Waals surface area contributed by atoms with E-state index in [0.717, 1.165) is 25.7 Å². The Balaban J connectivity index is 2.20. The molecule has 1 N–H and O–H groups in total. The van der Waals surface area contributed by atoms with Gasteiger partial charge in [0.1, 0.15) is 6.61 Å². The molecule has 1 aliphatic rings. The van der Waals surface area contributed by atoms with Gasteiger partial charge in [-0.3, -0.25) is 4.79 Å². The van der Waals surface area contributed by atoms with Crippen LogP contribution in [0.1, 0.15) is 38.5 Å². The Morgan fingerprint density at radius 2 is 1.94 bits per heavy atom. The van der Waals surface area contributed by atoms with E-state index in [2.05, 4.69) is 4.74 Å². The fraction of sp³-hybridized carbons (Fsp3) is 0.917. The Morgan fingerprint density at radius 1 is 1.33 bits per heavy atom. The summed E-state index contributed by atoms with van der Waals surface area (Å²) in [6.45, 7) is -1.29. The molecule has 0 amide bonds. The van der Waals surface area contributed by atoms with Crippen LogP contribution in [0.25, 0.3) is 0 Å². The minimum absolute atomic E-state index is 0.0317. The molecule has 0 bridgehead atoms. The second kappa shape index (κ2) is 6.97. The number of rotatable bonds is 7. The number of carbonyl (C=O) groups is 1. The largest absolute Gasteiger partial charge is 0.481 e. The first kappa shape index (κ1) is 15.3. The zero-order chi connectivity index (χ0) is 13.6. The molecule has 0 heterocycles. The maximum absolute atomic E-state index is 11.8. The summed E-state index contributed by atoms with van der Waals surface area (Å²) in [6.07, 6.45) is 0.401. The van der Waals surface area contributed by atoms with E-state index in [-0.39, 0.29) is 12.5 Å². The van der Waals surface area contributed by atoms with E-state index in [0.29, 0.717) is 12.8 Å². The van der Waals surface area contributed by atoms with Gasteiger partial charge in [-0.25, -0.2) is 0 Å². The standard InChI is InChI=1S/C12H19F3O3/c13-12(14,15)8-18-7-3-6-10(11(16)17)9-4-1-2-5-9/h9-10H,1-8H2,(H,16,17). The van der Waals surface area contributed by atoms with Crippen LogP contribution in [0.2, 0.25) is 0 Å². The Labute approximate surface area is 104 Å². The van der Waals surface area contributed by atoms with Gasteiger partial charge in [-0.05, 0) is 31.6 Å². The van der Waals surface area contributed by atoms with Crippen molar-refractivity contribution >= 4 is 5.97 Å². The van der Waals surface area contributed by atoms with Crippen molar-refractivity contribution in [3.8, 4) is 0 Å². The minimum Gasteiger partial charge on any atom is -0.481 e. The Bertz CT molecular complexity index is 260. The number of carboxylic acid groups (broad SMARTS) is 1. The van der Waals surface area contributed by atoms with Crippen molar-refractivity contribution < 1.29 is 27.8 Å². The van der Waals surface area contributed by atoms with Crippen molar-refractivity contribution in [1.82, 2.24) is 0 Å². The normalized spacial score (nSPS) is 19.1. The van der Waals surface area contributed by atoms with Crippen LogP contribution in [0, 0.1) is 11.8 Å². The van der Waals surface area contributed by atoms with Crippen LogP contribution in [-0.2, 0) is 9.53 Å². The molecule has 0 aromatic rings. The number of alkyl halides is 3. The summed E-state index contributed by atoms with van der Waals surface area (Å²) in [5.74, 6) is -1.08. The maximum Gasteiger partial charge on any atom is 0.411 e. The van der Waals surface area contributed by atoms with Crippen molar-refractivity contribution in [2.75, 3.05) is 13.2 Å². The van der Waals surface area contributed by atoms with Gasteiger partial charge >= 0.3 is 12.1 Å². The van der Waals surface area contributed by atoms with Gasteiger partial charge in [0, 0.05) is 6.61 Å². The first-order valence-corrected chi connectivity index (χ1v) is 6.27. The summed E-state index contributed by atoms with van der Waals surface area (Å²) in [6, 6.07) is 0. The molecule has 0 aliphatic heterocycles. The summed E-state index contributed by atoms with van der Waals surface area (Å²) in [4.78, 5) is 11.1. The lowest BCUT2D eigenvalue weighted by Gasteiger charge is -2.19. The molecule has 1 rings (SSSR count). The van der Waals surface area contributed by atoms with Crippen molar-refractivity contribution in [3.63, 3.8) is 0 Å². The zero-order valence-electron chi connectivity index (χ0n) is 10.2. The van der Waals surface area contributed by atoms with E-state index in [1.54, 1.807) is 0 Å². The predicted octanol–water partition coefficient (Wildman–Crippen LogP) is 3.24. The third-order valence-electron chi connectivity index (χ3n) is 3.36. The van der Waals surface area contributed by atoms with Gasteiger partial charge in [0.2, 0.25) is 0 Å². The second-order valence-corrected chi connectivity index (χ2v) is 4.80. The number of aliphatic carboxylic acids is 1. The highest BCUT2D eigenvalue weighted by molar-refractivity contribution is 5.70. The molecule has 0 aromatic heterocycles. The molecule has 0 radical (unpaired) electrons. The molecule has 1 atom stereocenters. The third kappa shape index (κ3) is 5.71. The molecule has 0 saturated heterocycles. The van der Waals surface area contributed by atoms with Gasteiger partial charge in [0.05, 0.1) is 5.92 Å². The molecule has 6 heteroatoms. The van der Waals surface area contributed by atoms with E-state index >= 15 is 0 Å². The molecule has 1 saturated carbocycles. The lowest BCUT2D eigenvalue weighted by molar-refractivity contribution is -0.174. The lowest BCUT2D eigenvalue weighted by Crippen LogP contribution is -2.23. The first-order valence-electron chi connectivity index (χ1n) is 6.27. The topological polar surface area (TPSA) is 46.5 Å². The van der Waals surface area contributed by atoms with E-state index in [1.165, 1.54) is 0 Å². The Morgan fingerprint density at radius 3 is 2.44 bits per heavy atom. The van der Waals surface area contributed by atoms with Crippen LogP contribution in [0.15, 0.2) is 0 Å². The van der Waals surface area contributed by atoms with E-state index in [1.807, 2.05) is 0 Å². The van der Waals surface area contributed by atoms with Crippen LogP contribution >= 0.6 is 0 Å². The van der Waals surface area contributed by atoms with Gasteiger partial charge in [-0.1, -0.05) is 12.8 Å². The summed E-state index contributed by atoms with van der Waals surface area (Å²) in [5, 5.41) is 9.10. The molecule has 1 aliphatic carbocycles. The highest BCUT2D eigenvalue weighted by atomic mass is 19.4. The van der Waals surface area contributed by atoms with E-state index in [9.17, 15) is 18.0 Å². The van der Waals surface area contributed by atoms with Crippen LogP contribution < -0.4 is 0 Å². The zero-order valence-corrected chi connectivity index (χ0v) is 10.2. The van der Waals surface area contributed by atoms with Crippen molar-refractivity contribution in [3.05, 3.63) is 0 Å². The third-order valence-corrected chi connectivity index (χ3v) is 3.36. The highest BCUT2D eigenvalue weighted by Gasteiger charge is 2.30. The number of carboxylic acids is 1. The molecule has 18 heavy (non-hydrogen) atoms. The first-order chi connectivity index (χ1) is 8.40. The molecule has 3 nitrogen and oxygen atoms in total. The molecular weight excluding hydrogens is 249 g/mol. The van der Waals surface area contributed by atoms with Gasteiger partial charge in [0.15, 0.2) is 0 Å². The van der Waals surface area contributed by atoms with Crippen molar-refractivity contribution in [2.24, 2.45) is 11.8 Å². The average molecular weight is 268 g/mol. The van der Waals surface area contributed by atoms with Crippen molar-refractivity contribution in [2.45, 2.75) is 44.7 Å². The molecule has 0 aromatic carbocycles. The number of halogens is 3. The summed E-state index contributed by atoms with van der Waals surface area (Å²) < 4.78 is 39.9. The Hall–Kier alpha value is -0.780. The second-order valence-electron chi connectivity index (χ2n) is 4.80.